The zero-order valence-corrected chi connectivity index (χ0v) is 28.8. The summed E-state index contributed by atoms with van der Waals surface area (Å²) < 4.78 is 44.6. The summed E-state index contributed by atoms with van der Waals surface area (Å²) in [5.74, 6) is -3.08. The Kier molecular flexibility index (Phi) is 11.3. The first kappa shape index (κ1) is 36.7. The third-order valence-corrected chi connectivity index (χ3v) is 7.57. The van der Waals surface area contributed by atoms with Crippen LogP contribution in [0.5, 0.6) is 0 Å². The zero-order valence-electron chi connectivity index (χ0n) is 27.3. The summed E-state index contributed by atoms with van der Waals surface area (Å²) in [5, 5.41) is 0. The molecule has 11 heteroatoms. The Hall–Kier alpha value is -2.53. The van der Waals surface area contributed by atoms with Crippen molar-refractivity contribution >= 4 is 39.8 Å². The summed E-state index contributed by atoms with van der Waals surface area (Å²) in [4.78, 5) is 52.8. The molecule has 1 aliphatic heterocycles. The van der Waals surface area contributed by atoms with Crippen molar-refractivity contribution in [2.45, 2.75) is 113 Å². The third-order valence-electron chi connectivity index (χ3n) is 6.92. The number of methoxy groups -OCH3 is 1. The van der Waals surface area contributed by atoms with E-state index in [0.29, 0.717) is 0 Å². The van der Waals surface area contributed by atoms with E-state index in [1.807, 2.05) is 0 Å². The van der Waals surface area contributed by atoms with E-state index in [0.717, 1.165) is 0 Å². The molecule has 0 bridgehead atoms. The molecule has 0 unspecified atom stereocenters. The number of ether oxygens (including phenoxy) is 5. The van der Waals surface area contributed by atoms with Crippen molar-refractivity contribution in [3.63, 3.8) is 0 Å². The molecule has 5 atom stereocenters. The highest BCUT2D eigenvalue weighted by atomic mass is 79.9. The molecule has 0 radical (unpaired) electrons. The lowest BCUT2D eigenvalue weighted by molar-refractivity contribution is -0.260. The number of rotatable bonds is 7. The maximum Gasteiger partial charge on any atom is 0.311 e. The third kappa shape index (κ3) is 9.23. The molecule has 1 heterocycles. The number of benzene rings is 1. The van der Waals surface area contributed by atoms with Gasteiger partial charge in [0.15, 0.2) is 18.3 Å². The quantitative estimate of drug-likeness (QED) is 0.237. The molecule has 0 amide bonds. The fraction of sp³-hybridized carbons (Fsp3) is 0.688. The summed E-state index contributed by atoms with van der Waals surface area (Å²) in [6.45, 7) is 18.2. The highest BCUT2D eigenvalue weighted by Crippen LogP contribution is 2.43. The Morgan fingerprint density at radius 2 is 1.19 bits per heavy atom. The molecule has 2 rings (SSSR count). The van der Waals surface area contributed by atoms with Crippen LogP contribution < -0.4 is 0 Å². The van der Waals surface area contributed by atoms with Crippen molar-refractivity contribution < 1.29 is 47.3 Å². The van der Waals surface area contributed by atoms with Crippen molar-refractivity contribution in [1.29, 1.82) is 0 Å². The van der Waals surface area contributed by atoms with Gasteiger partial charge in [0.2, 0.25) is 0 Å². The van der Waals surface area contributed by atoms with Crippen LogP contribution in [0.25, 0.3) is 0 Å². The van der Waals surface area contributed by atoms with E-state index in [1.165, 1.54) is 19.2 Å². The van der Waals surface area contributed by atoms with Crippen molar-refractivity contribution in [1.82, 2.24) is 0 Å². The summed E-state index contributed by atoms with van der Waals surface area (Å²) in [5.41, 5.74) is -3.80. The largest absolute Gasteiger partial charge is 0.469 e. The van der Waals surface area contributed by atoms with Crippen LogP contribution in [0.4, 0.5) is 4.39 Å². The molecule has 0 aliphatic carbocycles. The van der Waals surface area contributed by atoms with E-state index in [9.17, 15) is 23.6 Å². The van der Waals surface area contributed by atoms with Gasteiger partial charge in [-0.3, -0.25) is 19.2 Å². The molecule has 0 aromatic heterocycles. The normalized spacial score (nSPS) is 23.3. The van der Waals surface area contributed by atoms with Gasteiger partial charge >= 0.3 is 23.9 Å². The predicted octanol–water partition coefficient (Wildman–Crippen LogP) is 6.49. The molecule has 1 aromatic rings. The molecular weight excluding hydrogens is 627 g/mol. The topological polar surface area (TPSA) is 114 Å². The minimum absolute atomic E-state index is 0.0409. The minimum atomic E-state index is -1.38. The van der Waals surface area contributed by atoms with Gasteiger partial charge < -0.3 is 23.7 Å². The average molecular weight is 674 g/mol. The summed E-state index contributed by atoms with van der Waals surface area (Å²) in [6.07, 6.45) is -6.33. The Bertz CT molecular complexity index is 1210. The number of halogens is 2. The van der Waals surface area contributed by atoms with E-state index < -0.39 is 81.9 Å². The van der Waals surface area contributed by atoms with Crippen LogP contribution in [0.3, 0.4) is 0 Å². The fourth-order valence-corrected chi connectivity index (χ4v) is 4.45. The van der Waals surface area contributed by atoms with Gasteiger partial charge in [0.25, 0.3) is 0 Å². The van der Waals surface area contributed by atoms with E-state index >= 15 is 0 Å². The number of carbonyl (C=O) groups excluding carboxylic acids is 4. The molecule has 1 saturated heterocycles. The smallest absolute Gasteiger partial charge is 0.311 e. The van der Waals surface area contributed by atoms with Gasteiger partial charge in [0, 0.05) is 0 Å². The monoisotopic (exact) mass is 672 g/mol. The molecule has 0 N–H and O–H groups in total. The van der Waals surface area contributed by atoms with Gasteiger partial charge in [-0.2, -0.15) is 0 Å². The molecule has 1 aliphatic rings. The Morgan fingerprint density at radius 3 is 1.60 bits per heavy atom. The predicted molar refractivity (Wildman–Crippen MR) is 160 cm³/mol. The van der Waals surface area contributed by atoms with Crippen molar-refractivity contribution in [3.8, 4) is 0 Å². The van der Waals surface area contributed by atoms with Crippen molar-refractivity contribution in [3.05, 3.63) is 34.1 Å². The number of carbonyl (C=O) groups is 4. The lowest BCUT2D eigenvalue weighted by Gasteiger charge is -2.47. The maximum atomic E-state index is 14.9. The van der Waals surface area contributed by atoms with Gasteiger partial charge in [-0.15, -0.1) is 0 Å². The summed E-state index contributed by atoms with van der Waals surface area (Å²) in [6, 6.07) is 4.29. The first-order chi connectivity index (χ1) is 19.4. The minimum Gasteiger partial charge on any atom is -0.469 e. The first-order valence-electron chi connectivity index (χ1n) is 14.2. The Morgan fingerprint density at radius 1 is 0.744 bits per heavy atom. The second kappa shape index (κ2) is 13.2. The number of hydrogen-bond acceptors (Lipinski definition) is 9. The molecule has 0 spiro atoms. The number of hydrogen-bond donors (Lipinski definition) is 0. The molecule has 1 aromatic carbocycles. The molecule has 1 fully saturated rings. The molecule has 9 nitrogen and oxygen atoms in total. The number of esters is 4. The van der Waals surface area contributed by atoms with Crippen molar-refractivity contribution in [2.24, 2.45) is 21.7 Å². The van der Waals surface area contributed by atoms with E-state index in [4.69, 9.17) is 23.7 Å². The second-order valence-corrected chi connectivity index (χ2v) is 15.6. The van der Waals surface area contributed by atoms with E-state index in [-0.39, 0.29) is 16.5 Å². The molecule has 43 heavy (non-hydrogen) atoms. The van der Waals surface area contributed by atoms with Gasteiger partial charge in [0.05, 0.1) is 33.2 Å². The van der Waals surface area contributed by atoms with Crippen LogP contribution in [0.1, 0.15) is 94.2 Å². The highest BCUT2D eigenvalue weighted by molar-refractivity contribution is 9.10. The SMILES string of the molecule is COC(=O)C(C)(C)C[C@H]1O[C@H](c2ccc(Br)c(F)c2)[C@@H](OC(=O)C(C)(C)C)[C@H](OC(=O)C(C)(C)C)[C@@H]1OC(=O)C(C)(C)C. The lowest BCUT2D eigenvalue weighted by Crippen LogP contribution is -2.60. The maximum absolute atomic E-state index is 14.9. The van der Waals surface area contributed by atoms with Gasteiger partial charge in [0.1, 0.15) is 18.0 Å². The Balaban J connectivity index is 2.86. The standard InChI is InChI=1S/C32H46BrFO9/c1-29(2,3)25(35)41-22-20(16-32(10,11)28(38)39-12)40-21(17-13-14-18(33)19(34)15-17)23(42-26(36)30(4,5)6)24(22)43-27(37)31(7,8)9/h13-15,20-24H,16H2,1-12H3/t20-,21-,22-,23-,24-/m1/s1. The molecule has 0 saturated carbocycles. The van der Waals surface area contributed by atoms with Crippen LogP contribution in [-0.2, 0) is 42.9 Å². The van der Waals surface area contributed by atoms with Crippen LogP contribution in [-0.4, -0.2) is 55.4 Å². The summed E-state index contributed by atoms with van der Waals surface area (Å²) >= 11 is 3.15. The van der Waals surface area contributed by atoms with Gasteiger partial charge in [-0.25, -0.2) is 4.39 Å². The Labute approximate surface area is 262 Å². The molecule has 242 valence electrons. The van der Waals surface area contributed by atoms with E-state index in [2.05, 4.69) is 15.9 Å². The van der Waals surface area contributed by atoms with E-state index in [1.54, 1.807) is 82.2 Å². The zero-order chi connectivity index (χ0) is 33.3. The highest BCUT2D eigenvalue weighted by Gasteiger charge is 2.55. The van der Waals surface area contributed by atoms with Crippen LogP contribution in [0.2, 0.25) is 0 Å². The van der Waals surface area contributed by atoms with Crippen LogP contribution in [0, 0.1) is 27.5 Å². The van der Waals surface area contributed by atoms with Gasteiger partial charge in [-0.1, -0.05) is 6.07 Å². The summed E-state index contributed by atoms with van der Waals surface area (Å²) in [7, 11) is 1.26. The second-order valence-electron chi connectivity index (χ2n) is 14.7. The fourth-order valence-electron chi connectivity index (χ4n) is 4.21. The average Bonchev–Trinajstić information content (AvgIpc) is 2.85. The lowest BCUT2D eigenvalue weighted by atomic mass is 9.80. The van der Waals surface area contributed by atoms with Gasteiger partial charge in [-0.05, 0) is 116 Å². The van der Waals surface area contributed by atoms with Crippen molar-refractivity contribution in [2.75, 3.05) is 7.11 Å². The van der Waals surface area contributed by atoms with Crippen LogP contribution >= 0.6 is 15.9 Å². The molecular formula is C32H46BrFO9. The van der Waals surface area contributed by atoms with Crippen LogP contribution in [0.15, 0.2) is 22.7 Å². The first-order valence-corrected chi connectivity index (χ1v) is 15.0.